The Labute approximate surface area is 106 Å². The van der Waals surface area contributed by atoms with Crippen LogP contribution in [0.1, 0.15) is 0 Å². The first-order chi connectivity index (χ1) is 8.24. The van der Waals surface area contributed by atoms with Crippen LogP contribution in [-0.2, 0) is 0 Å². The normalized spacial score (nSPS) is 10.1. The summed E-state index contributed by atoms with van der Waals surface area (Å²) >= 11 is 6.17. The molecule has 0 bridgehead atoms. The average molecular weight is 249 g/mol. The van der Waals surface area contributed by atoms with E-state index in [1.165, 1.54) is 0 Å². The lowest BCUT2D eigenvalue weighted by atomic mass is 10.1. The van der Waals surface area contributed by atoms with Crippen LogP contribution in [0.3, 0.4) is 0 Å². The van der Waals surface area contributed by atoms with E-state index in [-0.39, 0.29) is 0 Å². The number of rotatable bonds is 3. The van der Waals surface area contributed by atoms with Crippen LogP contribution in [0.15, 0.2) is 42.5 Å². The molecule has 2 aromatic carbocycles. The van der Waals surface area contributed by atoms with Crippen molar-refractivity contribution in [2.45, 2.75) is 0 Å². The molecule has 2 rings (SSSR count). The topological polar surface area (TPSA) is 18.5 Å². The van der Waals surface area contributed by atoms with Crippen LogP contribution < -0.4 is 9.47 Å². The number of benzene rings is 2. The van der Waals surface area contributed by atoms with Crippen molar-refractivity contribution in [3.05, 3.63) is 47.5 Å². The number of methoxy groups -OCH3 is 2. The van der Waals surface area contributed by atoms with Crippen molar-refractivity contribution in [1.82, 2.24) is 0 Å². The van der Waals surface area contributed by atoms with Gasteiger partial charge in [-0.25, -0.2) is 0 Å². The van der Waals surface area contributed by atoms with Crippen LogP contribution in [0.25, 0.3) is 11.1 Å². The molecule has 0 fully saturated rings. The maximum atomic E-state index is 6.17. The zero-order valence-corrected chi connectivity index (χ0v) is 10.5. The molecule has 0 aliphatic heterocycles. The summed E-state index contributed by atoms with van der Waals surface area (Å²) in [5.74, 6) is 1.62. The smallest absolute Gasteiger partial charge is 0.119 e. The molecule has 0 heterocycles. The highest BCUT2D eigenvalue weighted by Gasteiger charge is 2.05. The van der Waals surface area contributed by atoms with E-state index in [1.807, 2.05) is 42.5 Å². The van der Waals surface area contributed by atoms with Crippen LogP contribution in [0.2, 0.25) is 5.02 Å². The van der Waals surface area contributed by atoms with Gasteiger partial charge in [0.05, 0.1) is 14.2 Å². The summed E-state index contributed by atoms with van der Waals surface area (Å²) in [6, 6.07) is 13.4. The lowest BCUT2D eigenvalue weighted by Crippen LogP contribution is -1.86. The van der Waals surface area contributed by atoms with Gasteiger partial charge in [0.2, 0.25) is 0 Å². The van der Waals surface area contributed by atoms with Gasteiger partial charge >= 0.3 is 0 Å². The predicted molar refractivity (Wildman–Crippen MR) is 70.0 cm³/mol. The summed E-state index contributed by atoms with van der Waals surface area (Å²) in [4.78, 5) is 0. The van der Waals surface area contributed by atoms with Gasteiger partial charge in [-0.3, -0.25) is 0 Å². The number of halogens is 1. The molecule has 0 aliphatic carbocycles. The zero-order chi connectivity index (χ0) is 12.3. The molecule has 0 unspecified atom stereocenters. The summed E-state index contributed by atoms with van der Waals surface area (Å²) < 4.78 is 10.3. The lowest BCUT2D eigenvalue weighted by Gasteiger charge is -2.08. The minimum Gasteiger partial charge on any atom is -0.497 e. The molecule has 0 saturated carbocycles. The molecular weight excluding hydrogens is 236 g/mol. The van der Waals surface area contributed by atoms with Gasteiger partial charge in [0.1, 0.15) is 11.5 Å². The Morgan fingerprint density at radius 1 is 0.824 bits per heavy atom. The van der Waals surface area contributed by atoms with E-state index in [1.54, 1.807) is 14.2 Å². The molecular formula is C14H13ClO2. The van der Waals surface area contributed by atoms with Crippen LogP contribution in [-0.4, -0.2) is 14.2 Å². The molecule has 0 aromatic heterocycles. The number of hydrogen-bond acceptors (Lipinski definition) is 2. The van der Waals surface area contributed by atoms with Gasteiger partial charge in [-0.1, -0.05) is 23.7 Å². The first-order valence-electron chi connectivity index (χ1n) is 5.22. The Kier molecular flexibility index (Phi) is 3.55. The van der Waals surface area contributed by atoms with Gasteiger partial charge in [0.25, 0.3) is 0 Å². The van der Waals surface area contributed by atoms with E-state index in [4.69, 9.17) is 21.1 Å². The second-order valence-electron chi connectivity index (χ2n) is 3.57. The fraction of sp³-hybridized carbons (Fsp3) is 0.143. The second-order valence-corrected chi connectivity index (χ2v) is 3.98. The molecule has 0 spiro atoms. The first kappa shape index (κ1) is 11.8. The first-order valence-corrected chi connectivity index (χ1v) is 5.60. The summed E-state index contributed by atoms with van der Waals surface area (Å²) in [6.45, 7) is 0. The minimum absolute atomic E-state index is 0.705. The molecule has 0 radical (unpaired) electrons. The van der Waals surface area contributed by atoms with Crippen molar-refractivity contribution in [1.29, 1.82) is 0 Å². The van der Waals surface area contributed by atoms with Crippen molar-refractivity contribution in [2.75, 3.05) is 14.2 Å². The van der Waals surface area contributed by atoms with Crippen molar-refractivity contribution in [3.8, 4) is 22.6 Å². The van der Waals surface area contributed by atoms with Gasteiger partial charge in [-0.2, -0.15) is 0 Å². The summed E-state index contributed by atoms with van der Waals surface area (Å²) in [6.07, 6.45) is 0. The molecule has 2 aromatic rings. The Morgan fingerprint density at radius 3 is 2.00 bits per heavy atom. The quantitative estimate of drug-likeness (QED) is 0.817. The van der Waals surface area contributed by atoms with E-state index in [2.05, 4.69) is 0 Å². The molecule has 0 atom stereocenters. The van der Waals surface area contributed by atoms with Crippen LogP contribution >= 0.6 is 11.6 Å². The third-order valence-electron chi connectivity index (χ3n) is 2.57. The number of ether oxygens (including phenoxy) is 2. The maximum Gasteiger partial charge on any atom is 0.119 e. The Morgan fingerprint density at radius 2 is 1.41 bits per heavy atom. The van der Waals surface area contributed by atoms with Crippen molar-refractivity contribution in [3.63, 3.8) is 0 Å². The molecule has 17 heavy (non-hydrogen) atoms. The van der Waals surface area contributed by atoms with E-state index in [0.29, 0.717) is 5.02 Å². The highest BCUT2D eigenvalue weighted by atomic mass is 35.5. The van der Waals surface area contributed by atoms with Gasteiger partial charge in [-0.05, 0) is 35.9 Å². The molecule has 0 amide bonds. The molecule has 0 saturated heterocycles. The summed E-state index contributed by atoms with van der Waals surface area (Å²) in [5.41, 5.74) is 1.99. The van der Waals surface area contributed by atoms with E-state index in [0.717, 1.165) is 22.6 Å². The molecule has 0 N–H and O–H groups in total. The predicted octanol–water partition coefficient (Wildman–Crippen LogP) is 4.02. The largest absolute Gasteiger partial charge is 0.497 e. The number of hydrogen-bond donors (Lipinski definition) is 0. The monoisotopic (exact) mass is 248 g/mol. The second kappa shape index (κ2) is 5.11. The van der Waals surface area contributed by atoms with Crippen molar-refractivity contribution >= 4 is 11.6 Å². The van der Waals surface area contributed by atoms with Crippen molar-refractivity contribution in [2.24, 2.45) is 0 Å². The third-order valence-corrected chi connectivity index (χ3v) is 2.90. The van der Waals surface area contributed by atoms with Gasteiger partial charge in [-0.15, -0.1) is 0 Å². The highest BCUT2D eigenvalue weighted by Crippen LogP contribution is 2.32. The fourth-order valence-electron chi connectivity index (χ4n) is 1.62. The Balaban J connectivity index is 2.43. The van der Waals surface area contributed by atoms with Crippen molar-refractivity contribution < 1.29 is 9.47 Å². The molecule has 2 nitrogen and oxygen atoms in total. The maximum absolute atomic E-state index is 6.17. The fourth-order valence-corrected chi connectivity index (χ4v) is 1.85. The van der Waals surface area contributed by atoms with Gasteiger partial charge in [0, 0.05) is 10.6 Å². The molecule has 3 heteroatoms. The van der Waals surface area contributed by atoms with E-state index >= 15 is 0 Å². The van der Waals surface area contributed by atoms with E-state index in [9.17, 15) is 0 Å². The Bertz CT molecular complexity index is 506. The molecule has 0 aliphatic rings. The van der Waals surface area contributed by atoms with Gasteiger partial charge in [0.15, 0.2) is 0 Å². The van der Waals surface area contributed by atoms with Crippen LogP contribution in [0.5, 0.6) is 11.5 Å². The zero-order valence-electron chi connectivity index (χ0n) is 9.74. The molecule has 88 valence electrons. The van der Waals surface area contributed by atoms with E-state index < -0.39 is 0 Å². The van der Waals surface area contributed by atoms with Crippen LogP contribution in [0.4, 0.5) is 0 Å². The highest BCUT2D eigenvalue weighted by molar-refractivity contribution is 6.33. The Hall–Kier alpha value is -1.67. The minimum atomic E-state index is 0.705. The lowest BCUT2D eigenvalue weighted by molar-refractivity contribution is 0.414. The summed E-state index contributed by atoms with van der Waals surface area (Å²) in [5, 5.41) is 0.705. The average Bonchev–Trinajstić information content (AvgIpc) is 2.39. The SMILES string of the molecule is COc1ccc(-c2cc(OC)ccc2Cl)cc1. The standard InChI is InChI=1S/C14H13ClO2/c1-16-11-5-3-10(4-6-11)13-9-12(17-2)7-8-14(13)15/h3-9H,1-2H3. The third kappa shape index (κ3) is 2.53. The van der Waals surface area contributed by atoms with Gasteiger partial charge < -0.3 is 9.47 Å². The van der Waals surface area contributed by atoms with Crippen LogP contribution in [0, 0.1) is 0 Å². The summed E-state index contributed by atoms with van der Waals surface area (Å²) in [7, 11) is 3.29.